The van der Waals surface area contributed by atoms with E-state index in [1.54, 1.807) is 18.2 Å². The summed E-state index contributed by atoms with van der Waals surface area (Å²) in [5.74, 6) is -0.694. The highest BCUT2D eigenvalue weighted by Crippen LogP contribution is 2.38. The maximum atomic E-state index is 13.4. The molecule has 0 radical (unpaired) electrons. The first-order valence-corrected chi connectivity index (χ1v) is 6.52. The summed E-state index contributed by atoms with van der Waals surface area (Å²) in [5.41, 5.74) is 1.54. The van der Waals surface area contributed by atoms with E-state index in [9.17, 15) is 13.9 Å². The predicted molar refractivity (Wildman–Crippen MR) is 75.5 cm³/mol. The van der Waals surface area contributed by atoms with Gasteiger partial charge in [0, 0.05) is 5.41 Å². The van der Waals surface area contributed by atoms with Crippen LogP contribution < -0.4 is 0 Å². The van der Waals surface area contributed by atoms with Crippen LogP contribution >= 0.6 is 0 Å². The van der Waals surface area contributed by atoms with Crippen molar-refractivity contribution >= 4 is 0 Å². The van der Waals surface area contributed by atoms with Crippen LogP contribution in [0.25, 0.3) is 0 Å². The second-order valence-electron chi connectivity index (χ2n) is 5.63. The molecule has 2 aromatic carbocycles. The smallest absolute Gasteiger partial charge is 0.123 e. The summed E-state index contributed by atoms with van der Waals surface area (Å²) < 4.78 is 26.4. The molecule has 0 heterocycles. The first kappa shape index (κ1) is 14.7. The van der Waals surface area contributed by atoms with Gasteiger partial charge in [-0.2, -0.15) is 0 Å². The normalized spacial score (nSPS) is 13.3. The maximum Gasteiger partial charge on any atom is 0.123 e. The fourth-order valence-electron chi connectivity index (χ4n) is 2.33. The SMILES string of the molecule is Cc1ccc(F)cc1C(O)C(C)(C)c1ccc(F)cc1. The molecule has 0 saturated carbocycles. The van der Waals surface area contributed by atoms with Gasteiger partial charge >= 0.3 is 0 Å². The molecule has 2 aromatic rings. The van der Waals surface area contributed by atoms with Gasteiger partial charge in [-0.05, 0) is 47.9 Å². The molecule has 0 aliphatic heterocycles. The van der Waals surface area contributed by atoms with E-state index in [4.69, 9.17) is 0 Å². The quantitative estimate of drug-likeness (QED) is 0.887. The number of halogens is 2. The van der Waals surface area contributed by atoms with Gasteiger partial charge in [-0.1, -0.05) is 32.0 Å². The lowest BCUT2D eigenvalue weighted by molar-refractivity contribution is 0.0993. The Labute approximate surface area is 117 Å². The first-order valence-electron chi connectivity index (χ1n) is 6.52. The second-order valence-corrected chi connectivity index (χ2v) is 5.63. The van der Waals surface area contributed by atoms with E-state index in [0.29, 0.717) is 5.56 Å². The van der Waals surface area contributed by atoms with Gasteiger partial charge in [0.15, 0.2) is 0 Å². The van der Waals surface area contributed by atoms with Crippen LogP contribution in [0.2, 0.25) is 0 Å². The Morgan fingerprint density at radius 2 is 1.50 bits per heavy atom. The third kappa shape index (κ3) is 2.73. The van der Waals surface area contributed by atoms with Gasteiger partial charge in [-0.3, -0.25) is 0 Å². The molecule has 0 aliphatic carbocycles. The van der Waals surface area contributed by atoms with Gasteiger partial charge in [-0.15, -0.1) is 0 Å². The van der Waals surface area contributed by atoms with Gasteiger partial charge in [0.05, 0.1) is 6.10 Å². The molecule has 0 bridgehead atoms. The molecule has 0 aliphatic rings. The fraction of sp³-hybridized carbons (Fsp3) is 0.294. The lowest BCUT2D eigenvalue weighted by Crippen LogP contribution is -2.27. The molecule has 0 fully saturated rings. The third-order valence-corrected chi connectivity index (χ3v) is 3.81. The zero-order valence-corrected chi connectivity index (χ0v) is 11.8. The van der Waals surface area contributed by atoms with Crippen LogP contribution in [0.4, 0.5) is 8.78 Å². The van der Waals surface area contributed by atoms with Crippen LogP contribution in [0.1, 0.15) is 36.6 Å². The first-order chi connectivity index (χ1) is 9.32. The number of hydrogen-bond donors (Lipinski definition) is 1. The molecule has 0 spiro atoms. The van der Waals surface area contributed by atoms with E-state index in [-0.39, 0.29) is 11.6 Å². The molecule has 0 aromatic heterocycles. The number of aliphatic hydroxyl groups excluding tert-OH is 1. The van der Waals surface area contributed by atoms with Gasteiger partial charge in [-0.25, -0.2) is 8.78 Å². The molecular formula is C17H18F2O. The molecule has 106 valence electrons. The molecule has 1 unspecified atom stereocenters. The van der Waals surface area contributed by atoms with Crippen molar-refractivity contribution in [1.82, 2.24) is 0 Å². The molecule has 3 heteroatoms. The molecule has 20 heavy (non-hydrogen) atoms. The van der Waals surface area contributed by atoms with E-state index < -0.39 is 11.5 Å². The molecule has 0 amide bonds. The van der Waals surface area contributed by atoms with Crippen molar-refractivity contribution in [1.29, 1.82) is 0 Å². The fourth-order valence-corrected chi connectivity index (χ4v) is 2.33. The van der Waals surface area contributed by atoms with Crippen LogP contribution in [0.3, 0.4) is 0 Å². The summed E-state index contributed by atoms with van der Waals surface area (Å²) in [5, 5.41) is 10.6. The van der Waals surface area contributed by atoms with E-state index in [2.05, 4.69) is 0 Å². The molecule has 1 atom stereocenters. The minimum absolute atomic E-state index is 0.319. The predicted octanol–water partition coefficient (Wildman–Crippen LogP) is 4.28. The van der Waals surface area contributed by atoms with Crippen LogP contribution in [-0.4, -0.2) is 5.11 Å². The summed E-state index contributed by atoms with van der Waals surface area (Å²) in [6.07, 6.45) is -0.872. The standard InChI is InChI=1S/C17H18F2O/c1-11-4-7-14(19)10-15(11)16(20)17(2,3)12-5-8-13(18)9-6-12/h4-10,16,20H,1-3H3. The Morgan fingerprint density at radius 3 is 2.10 bits per heavy atom. The minimum atomic E-state index is -0.872. The lowest BCUT2D eigenvalue weighted by atomic mass is 9.76. The van der Waals surface area contributed by atoms with E-state index >= 15 is 0 Å². The number of aliphatic hydroxyl groups is 1. The summed E-state index contributed by atoms with van der Waals surface area (Å²) in [4.78, 5) is 0. The van der Waals surface area contributed by atoms with E-state index in [1.807, 2.05) is 20.8 Å². The van der Waals surface area contributed by atoms with Crippen LogP contribution in [0.15, 0.2) is 42.5 Å². The second kappa shape index (κ2) is 5.33. The highest BCUT2D eigenvalue weighted by Gasteiger charge is 2.32. The summed E-state index contributed by atoms with van der Waals surface area (Å²) in [7, 11) is 0. The number of rotatable bonds is 3. The number of aryl methyl sites for hydroxylation is 1. The van der Waals surface area contributed by atoms with Gasteiger partial charge < -0.3 is 5.11 Å². The maximum absolute atomic E-state index is 13.4. The van der Waals surface area contributed by atoms with Crippen LogP contribution in [0, 0.1) is 18.6 Å². The Bertz CT molecular complexity index is 603. The average molecular weight is 276 g/mol. The molecule has 0 saturated heterocycles. The molecular weight excluding hydrogens is 258 g/mol. The minimum Gasteiger partial charge on any atom is -0.387 e. The zero-order chi connectivity index (χ0) is 14.9. The van der Waals surface area contributed by atoms with Gasteiger partial charge in [0.2, 0.25) is 0 Å². The Balaban J connectivity index is 2.42. The van der Waals surface area contributed by atoms with Crippen molar-refractivity contribution in [2.75, 3.05) is 0 Å². The van der Waals surface area contributed by atoms with E-state index in [0.717, 1.165) is 11.1 Å². The van der Waals surface area contributed by atoms with Crippen LogP contribution in [0.5, 0.6) is 0 Å². The monoisotopic (exact) mass is 276 g/mol. The number of hydrogen-bond acceptors (Lipinski definition) is 1. The Hall–Kier alpha value is -1.74. The van der Waals surface area contributed by atoms with Crippen LogP contribution in [-0.2, 0) is 5.41 Å². The summed E-state index contributed by atoms with van der Waals surface area (Å²) in [6.45, 7) is 5.54. The molecule has 2 rings (SSSR count). The summed E-state index contributed by atoms with van der Waals surface area (Å²) in [6, 6.07) is 10.4. The Morgan fingerprint density at radius 1 is 0.950 bits per heavy atom. The Kier molecular flexibility index (Phi) is 3.91. The van der Waals surface area contributed by atoms with Crippen molar-refractivity contribution < 1.29 is 13.9 Å². The average Bonchev–Trinajstić information content (AvgIpc) is 2.41. The highest BCUT2D eigenvalue weighted by atomic mass is 19.1. The third-order valence-electron chi connectivity index (χ3n) is 3.81. The van der Waals surface area contributed by atoms with E-state index in [1.165, 1.54) is 24.3 Å². The largest absolute Gasteiger partial charge is 0.387 e. The van der Waals surface area contributed by atoms with Gasteiger partial charge in [0.1, 0.15) is 11.6 Å². The van der Waals surface area contributed by atoms with Crippen molar-refractivity contribution in [3.05, 3.63) is 70.8 Å². The molecule has 1 nitrogen and oxygen atoms in total. The lowest BCUT2D eigenvalue weighted by Gasteiger charge is -2.32. The van der Waals surface area contributed by atoms with Gasteiger partial charge in [0.25, 0.3) is 0 Å². The topological polar surface area (TPSA) is 20.2 Å². The summed E-state index contributed by atoms with van der Waals surface area (Å²) >= 11 is 0. The highest BCUT2D eigenvalue weighted by molar-refractivity contribution is 5.35. The van der Waals surface area contributed by atoms with Crippen molar-refractivity contribution in [3.8, 4) is 0 Å². The zero-order valence-electron chi connectivity index (χ0n) is 11.8. The molecule has 1 N–H and O–H groups in total. The van der Waals surface area contributed by atoms with Crippen molar-refractivity contribution in [2.45, 2.75) is 32.3 Å². The van der Waals surface area contributed by atoms with Crippen molar-refractivity contribution in [3.63, 3.8) is 0 Å². The van der Waals surface area contributed by atoms with Crippen molar-refractivity contribution in [2.24, 2.45) is 0 Å². The number of benzene rings is 2.